The van der Waals surface area contributed by atoms with Crippen LogP contribution in [-0.4, -0.2) is 36.0 Å². The van der Waals surface area contributed by atoms with E-state index in [1.54, 1.807) is 29.2 Å². The highest BCUT2D eigenvalue weighted by Crippen LogP contribution is 2.20. The van der Waals surface area contributed by atoms with Crippen molar-refractivity contribution in [2.45, 2.75) is 25.3 Å². The molecule has 108 valence electrons. The fraction of sp³-hybridized carbons (Fsp3) is 0.429. The molecule has 0 spiro atoms. The van der Waals surface area contributed by atoms with Crippen LogP contribution in [0.15, 0.2) is 24.3 Å². The van der Waals surface area contributed by atoms with E-state index in [1.165, 1.54) is 0 Å². The Morgan fingerprint density at radius 2 is 2.20 bits per heavy atom. The highest BCUT2D eigenvalue weighted by atomic mass is 35.5. The summed E-state index contributed by atoms with van der Waals surface area (Å²) in [6, 6.07) is 6.34. The van der Waals surface area contributed by atoms with Gasteiger partial charge in [0, 0.05) is 29.7 Å². The fourth-order valence-electron chi connectivity index (χ4n) is 2.49. The van der Waals surface area contributed by atoms with Crippen LogP contribution in [0.25, 0.3) is 0 Å². The molecule has 0 aliphatic carbocycles. The van der Waals surface area contributed by atoms with Gasteiger partial charge in [-0.1, -0.05) is 17.7 Å². The van der Waals surface area contributed by atoms with Crippen LogP contribution in [0.2, 0.25) is 5.02 Å². The third-order valence-electron chi connectivity index (χ3n) is 3.47. The number of nitrogens with zero attached hydrogens (tertiary/aromatic N) is 1. The molecular formula is C14H18ClN3O2. The minimum Gasteiger partial charge on any atom is -0.352 e. The predicted octanol–water partition coefficient (Wildman–Crippen LogP) is 2.00. The number of likely N-dealkylation sites (tertiary alicyclic amines) is 1. The summed E-state index contributed by atoms with van der Waals surface area (Å²) in [5.41, 5.74) is 5.66. The summed E-state index contributed by atoms with van der Waals surface area (Å²) >= 11 is 5.92. The van der Waals surface area contributed by atoms with Crippen molar-refractivity contribution in [1.29, 1.82) is 0 Å². The number of carbonyl (C=O) groups excluding carboxylic acids is 2. The Hall–Kier alpha value is -1.75. The molecule has 3 amide bonds. The molecule has 1 aromatic rings. The molecule has 0 radical (unpaired) electrons. The molecule has 0 unspecified atom stereocenters. The zero-order valence-corrected chi connectivity index (χ0v) is 11.9. The maximum Gasteiger partial charge on any atom is 0.312 e. The van der Waals surface area contributed by atoms with Gasteiger partial charge in [0.15, 0.2) is 0 Å². The molecule has 20 heavy (non-hydrogen) atoms. The number of hydrogen-bond donors (Lipinski definition) is 2. The van der Waals surface area contributed by atoms with Crippen molar-refractivity contribution < 1.29 is 9.59 Å². The minimum absolute atomic E-state index is 0.0114. The average Bonchev–Trinajstić information content (AvgIpc) is 2.44. The fourth-order valence-corrected chi connectivity index (χ4v) is 2.68. The summed E-state index contributed by atoms with van der Waals surface area (Å²) < 4.78 is 0. The van der Waals surface area contributed by atoms with Crippen molar-refractivity contribution in [3.05, 3.63) is 34.9 Å². The van der Waals surface area contributed by atoms with Gasteiger partial charge in [-0.15, -0.1) is 0 Å². The molecule has 1 fully saturated rings. The van der Waals surface area contributed by atoms with Crippen LogP contribution in [0, 0.1) is 0 Å². The van der Waals surface area contributed by atoms with Gasteiger partial charge in [0.05, 0.1) is 0 Å². The normalized spacial score (nSPS) is 18.6. The zero-order chi connectivity index (χ0) is 14.5. The van der Waals surface area contributed by atoms with Crippen molar-refractivity contribution in [3.63, 3.8) is 0 Å². The molecule has 1 heterocycles. The number of piperidine rings is 1. The largest absolute Gasteiger partial charge is 0.352 e. The SMILES string of the molecule is NC(=O)NC[C@@H]1CCCCN1C(=O)c1cccc(Cl)c1. The third kappa shape index (κ3) is 3.63. The first-order valence-corrected chi connectivity index (χ1v) is 7.05. The molecule has 1 aliphatic rings. The van der Waals surface area contributed by atoms with Crippen LogP contribution in [0.5, 0.6) is 0 Å². The Morgan fingerprint density at radius 3 is 2.90 bits per heavy atom. The van der Waals surface area contributed by atoms with Gasteiger partial charge in [-0.05, 0) is 37.5 Å². The molecule has 2 rings (SSSR count). The Kier molecular flexibility index (Phi) is 4.84. The van der Waals surface area contributed by atoms with Gasteiger partial charge in [-0.25, -0.2) is 4.79 Å². The highest BCUT2D eigenvalue weighted by molar-refractivity contribution is 6.30. The first-order valence-electron chi connectivity index (χ1n) is 6.68. The highest BCUT2D eigenvalue weighted by Gasteiger charge is 2.27. The summed E-state index contributed by atoms with van der Waals surface area (Å²) in [5.74, 6) is -0.0523. The van der Waals surface area contributed by atoms with Crippen LogP contribution in [0.4, 0.5) is 4.79 Å². The number of nitrogens with two attached hydrogens (primary N) is 1. The lowest BCUT2D eigenvalue weighted by molar-refractivity contribution is 0.0615. The topological polar surface area (TPSA) is 75.4 Å². The van der Waals surface area contributed by atoms with Crippen LogP contribution >= 0.6 is 11.6 Å². The van der Waals surface area contributed by atoms with E-state index in [2.05, 4.69) is 5.32 Å². The number of nitrogens with one attached hydrogen (secondary N) is 1. The van der Waals surface area contributed by atoms with E-state index in [1.807, 2.05) is 0 Å². The predicted molar refractivity (Wildman–Crippen MR) is 77.7 cm³/mol. The van der Waals surface area contributed by atoms with Gasteiger partial charge in [0.25, 0.3) is 5.91 Å². The molecule has 0 saturated carbocycles. The summed E-state index contributed by atoms with van der Waals surface area (Å²) in [6.45, 7) is 1.08. The Balaban J connectivity index is 2.10. The lowest BCUT2D eigenvalue weighted by Crippen LogP contribution is -2.50. The van der Waals surface area contributed by atoms with Gasteiger partial charge in [0.1, 0.15) is 0 Å². The summed E-state index contributed by atoms with van der Waals surface area (Å²) in [7, 11) is 0. The minimum atomic E-state index is -0.564. The van der Waals surface area contributed by atoms with Gasteiger partial charge in [0.2, 0.25) is 0 Å². The van der Waals surface area contributed by atoms with E-state index in [4.69, 9.17) is 17.3 Å². The van der Waals surface area contributed by atoms with Crippen molar-refractivity contribution in [1.82, 2.24) is 10.2 Å². The molecule has 3 N–H and O–H groups in total. The smallest absolute Gasteiger partial charge is 0.312 e. The summed E-state index contributed by atoms with van der Waals surface area (Å²) in [6.07, 6.45) is 2.89. The Bertz CT molecular complexity index is 507. The maximum atomic E-state index is 12.5. The number of amides is 3. The number of hydrogen-bond acceptors (Lipinski definition) is 2. The maximum absolute atomic E-state index is 12.5. The Labute approximate surface area is 123 Å². The number of urea groups is 1. The molecule has 0 aromatic heterocycles. The van der Waals surface area contributed by atoms with Crippen molar-refractivity contribution >= 4 is 23.5 Å². The zero-order valence-electron chi connectivity index (χ0n) is 11.1. The molecule has 1 aromatic carbocycles. The van der Waals surface area contributed by atoms with E-state index in [9.17, 15) is 9.59 Å². The molecule has 1 atom stereocenters. The van der Waals surface area contributed by atoms with E-state index >= 15 is 0 Å². The van der Waals surface area contributed by atoms with Crippen molar-refractivity contribution in [3.8, 4) is 0 Å². The lowest BCUT2D eigenvalue weighted by Gasteiger charge is -2.35. The van der Waals surface area contributed by atoms with E-state index in [0.29, 0.717) is 23.7 Å². The second-order valence-corrected chi connectivity index (χ2v) is 5.34. The molecule has 6 heteroatoms. The quantitative estimate of drug-likeness (QED) is 0.895. The van der Waals surface area contributed by atoms with E-state index in [0.717, 1.165) is 19.3 Å². The van der Waals surface area contributed by atoms with Gasteiger partial charge < -0.3 is 16.0 Å². The van der Waals surface area contributed by atoms with Crippen molar-refractivity contribution in [2.24, 2.45) is 5.73 Å². The van der Waals surface area contributed by atoms with Crippen LogP contribution in [0.1, 0.15) is 29.6 Å². The standard InChI is InChI=1S/C14H18ClN3O2/c15-11-5-3-4-10(8-11)13(19)18-7-2-1-6-12(18)9-17-14(16)20/h3-5,8,12H,1-2,6-7,9H2,(H3,16,17,20)/t12-/m0/s1. The first kappa shape index (κ1) is 14.7. The van der Waals surface area contributed by atoms with Crippen LogP contribution in [0.3, 0.4) is 0 Å². The van der Waals surface area contributed by atoms with Gasteiger partial charge >= 0.3 is 6.03 Å². The second-order valence-electron chi connectivity index (χ2n) is 4.90. The number of carbonyl (C=O) groups is 2. The average molecular weight is 296 g/mol. The Morgan fingerprint density at radius 1 is 1.40 bits per heavy atom. The van der Waals surface area contributed by atoms with E-state index in [-0.39, 0.29) is 11.9 Å². The molecule has 1 saturated heterocycles. The molecule has 1 aliphatic heterocycles. The van der Waals surface area contributed by atoms with Gasteiger partial charge in [-0.2, -0.15) is 0 Å². The number of benzene rings is 1. The van der Waals surface area contributed by atoms with Crippen LogP contribution in [-0.2, 0) is 0 Å². The molecule has 5 nitrogen and oxygen atoms in total. The summed E-state index contributed by atoms with van der Waals surface area (Å²) in [5, 5.41) is 3.12. The molecular weight excluding hydrogens is 278 g/mol. The lowest BCUT2D eigenvalue weighted by atomic mass is 10.0. The number of rotatable bonds is 3. The third-order valence-corrected chi connectivity index (χ3v) is 3.71. The van der Waals surface area contributed by atoms with Gasteiger partial charge in [-0.3, -0.25) is 4.79 Å². The van der Waals surface area contributed by atoms with Crippen LogP contribution < -0.4 is 11.1 Å². The first-order chi connectivity index (χ1) is 9.58. The van der Waals surface area contributed by atoms with Crippen molar-refractivity contribution in [2.75, 3.05) is 13.1 Å². The monoisotopic (exact) mass is 295 g/mol. The second kappa shape index (κ2) is 6.61. The number of halogens is 1. The summed E-state index contributed by atoms with van der Waals surface area (Å²) in [4.78, 5) is 25.2. The van der Waals surface area contributed by atoms with E-state index < -0.39 is 6.03 Å². The number of primary amides is 1. The molecule has 0 bridgehead atoms.